The lowest BCUT2D eigenvalue weighted by molar-refractivity contribution is -0.0404. The van der Waals surface area contributed by atoms with Gasteiger partial charge in [-0.3, -0.25) is 18.1 Å². The van der Waals surface area contributed by atoms with Crippen molar-refractivity contribution in [2.24, 2.45) is 0 Å². The van der Waals surface area contributed by atoms with Crippen LogP contribution in [0, 0.1) is 0 Å². The van der Waals surface area contributed by atoms with Crippen molar-refractivity contribution in [3.8, 4) is 0 Å². The lowest BCUT2D eigenvalue weighted by Crippen LogP contribution is -2.30. The van der Waals surface area contributed by atoms with Crippen molar-refractivity contribution in [3.05, 3.63) is 0 Å². The summed E-state index contributed by atoms with van der Waals surface area (Å²) in [7, 11) is -6.04. The van der Waals surface area contributed by atoms with Crippen LogP contribution in [0.5, 0.6) is 0 Å². The summed E-state index contributed by atoms with van der Waals surface area (Å²) < 4.78 is 59.4. The molecule has 2 aliphatic heterocycles. The number of methoxy groups -OCH3 is 1. The maximum absolute atomic E-state index is 12.1. The van der Waals surface area contributed by atoms with Crippen molar-refractivity contribution in [1.29, 1.82) is 0 Å². The van der Waals surface area contributed by atoms with E-state index in [-0.39, 0.29) is 31.5 Å². The number of hydrogen-bond donors (Lipinski definition) is 2. The van der Waals surface area contributed by atoms with E-state index in [0.29, 0.717) is 12.8 Å². The second-order valence-electron chi connectivity index (χ2n) is 6.57. The molecule has 2 aliphatic rings. The quantitative estimate of drug-likeness (QED) is 0.485. The van der Waals surface area contributed by atoms with E-state index in [9.17, 15) is 18.9 Å². The Hall–Kier alpha value is 0.1000. The summed E-state index contributed by atoms with van der Waals surface area (Å²) in [6.07, 6.45) is -1.71. The van der Waals surface area contributed by atoms with Gasteiger partial charge in [-0.2, -0.15) is 0 Å². The minimum Gasteiger partial charge on any atom is -0.379 e. The molecule has 13 heteroatoms. The van der Waals surface area contributed by atoms with Gasteiger partial charge < -0.3 is 24.0 Å². The first-order valence-electron chi connectivity index (χ1n) is 8.57. The second kappa shape index (κ2) is 9.73. The summed E-state index contributed by atoms with van der Waals surface area (Å²) in [6, 6.07) is 0. The molecular formula is C14H28O11P2. The highest BCUT2D eigenvalue weighted by molar-refractivity contribution is 7.47. The van der Waals surface area contributed by atoms with E-state index < -0.39 is 34.0 Å². The van der Waals surface area contributed by atoms with Gasteiger partial charge in [0.1, 0.15) is 18.3 Å². The van der Waals surface area contributed by atoms with Gasteiger partial charge in [-0.15, -0.1) is 0 Å². The van der Waals surface area contributed by atoms with Gasteiger partial charge in [0, 0.05) is 27.1 Å². The topological polar surface area (TPSA) is 139 Å². The van der Waals surface area contributed by atoms with Gasteiger partial charge in [0.05, 0.1) is 31.5 Å². The molecule has 0 aliphatic carbocycles. The second-order valence-corrected chi connectivity index (χ2v) is 9.54. The third-order valence-corrected chi connectivity index (χ3v) is 6.33. The predicted molar refractivity (Wildman–Crippen MR) is 92.1 cm³/mol. The zero-order chi connectivity index (χ0) is 20.2. The fourth-order valence-corrected chi connectivity index (χ4v) is 4.48. The molecule has 0 spiro atoms. The summed E-state index contributed by atoms with van der Waals surface area (Å²) in [5.41, 5.74) is 0. The number of phosphoric ester groups is 2. The number of rotatable bonds is 10. The molecule has 2 rings (SSSR count). The van der Waals surface area contributed by atoms with E-state index in [1.165, 1.54) is 7.11 Å². The predicted octanol–water partition coefficient (Wildman–Crippen LogP) is 1.62. The van der Waals surface area contributed by atoms with Gasteiger partial charge in [0.25, 0.3) is 0 Å². The average molecular weight is 434 g/mol. The third-order valence-electron chi connectivity index (χ3n) is 4.38. The molecule has 2 saturated heterocycles. The van der Waals surface area contributed by atoms with Gasteiger partial charge >= 0.3 is 15.6 Å². The Morgan fingerprint density at radius 1 is 0.889 bits per heavy atom. The van der Waals surface area contributed by atoms with Gasteiger partial charge in [-0.25, -0.2) is 9.13 Å². The van der Waals surface area contributed by atoms with Crippen LogP contribution in [-0.4, -0.2) is 73.8 Å². The highest BCUT2D eigenvalue weighted by Crippen LogP contribution is 2.48. The Balaban J connectivity index is 1.84. The number of phosphoric acid groups is 2. The van der Waals surface area contributed by atoms with Crippen LogP contribution in [0.3, 0.4) is 0 Å². The van der Waals surface area contributed by atoms with E-state index in [1.807, 2.05) is 6.92 Å². The van der Waals surface area contributed by atoms with E-state index in [2.05, 4.69) is 4.52 Å². The van der Waals surface area contributed by atoms with E-state index >= 15 is 0 Å². The molecular weight excluding hydrogens is 406 g/mol. The fraction of sp³-hybridized carbons (Fsp3) is 1.00. The van der Waals surface area contributed by atoms with Crippen LogP contribution in [0.4, 0.5) is 0 Å². The number of hydrogen-bond acceptors (Lipinski definition) is 9. The van der Waals surface area contributed by atoms with E-state index in [4.69, 9.17) is 27.8 Å². The van der Waals surface area contributed by atoms with Gasteiger partial charge in [-0.05, 0) is 13.8 Å². The Bertz CT molecular complexity index is 573. The van der Waals surface area contributed by atoms with Crippen LogP contribution in [0.1, 0.15) is 26.7 Å². The van der Waals surface area contributed by atoms with Gasteiger partial charge in [-0.1, -0.05) is 0 Å². The first-order chi connectivity index (χ1) is 12.5. The highest BCUT2D eigenvalue weighted by Gasteiger charge is 2.41. The fourth-order valence-electron chi connectivity index (χ4n) is 3.08. The molecule has 0 amide bonds. The van der Waals surface area contributed by atoms with Crippen molar-refractivity contribution < 1.29 is 51.2 Å². The molecule has 2 unspecified atom stereocenters. The van der Waals surface area contributed by atoms with Crippen molar-refractivity contribution in [2.45, 2.75) is 63.3 Å². The van der Waals surface area contributed by atoms with Crippen molar-refractivity contribution in [1.82, 2.24) is 0 Å². The van der Waals surface area contributed by atoms with Crippen LogP contribution >= 0.6 is 15.6 Å². The average Bonchev–Trinajstić information content (AvgIpc) is 3.12. The van der Waals surface area contributed by atoms with Crippen LogP contribution in [0.25, 0.3) is 0 Å². The molecule has 8 atom stereocenters. The molecule has 2 heterocycles. The number of ether oxygens (including phenoxy) is 3. The van der Waals surface area contributed by atoms with Crippen LogP contribution < -0.4 is 0 Å². The van der Waals surface area contributed by atoms with Crippen LogP contribution in [0.2, 0.25) is 0 Å². The first kappa shape index (κ1) is 23.4. The molecule has 0 aromatic rings. The Morgan fingerprint density at radius 3 is 1.85 bits per heavy atom. The lowest BCUT2D eigenvalue weighted by atomic mass is 10.1. The third kappa shape index (κ3) is 7.13. The molecule has 11 nitrogen and oxygen atoms in total. The minimum atomic E-state index is -4.39. The van der Waals surface area contributed by atoms with Crippen LogP contribution in [0.15, 0.2) is 0 Å². The maximum Gasteiger partial charge on any atom is 0.472 e. The molecule has 0 aromatic heterocycles. The monoisotopic (exact) mass is 434 g/mol. The smallest absolute Gasteiger partial charge is 0.379 e. The summed E-state index contributed by atoms with van der Waals surface area (Å²) in [5.74, 6) is 0. The van der Waals surface area contributed by atoms with Crippen molar-refractivity contribution in [2.75, 3.05) is 27.4 Å². The molecule has 2 fully saturated rings. The van der Waals surface area contributed by atoms with Gasteiger partial charge in [0.2, 0.25) is 0 Å². The summed E-state index contributed by atoms with van der Waals surface area (Å²) in [6.45, 7) is 3.08. The Labute approximate surface area is 158 Å². The van der Waals surface area contributed by atoms with E-state index in [1.54, 1.807) is 6.92 Å². The molecule has 160 valence electrons. The van der Waals surface area contributed by atoms with E-state index in [0.717, 1.165) is 7.11 Å². The SMILES string of the molecule is CO[C@@H]1C[C@H](C)O[C@@H]1COP(=O)(O)OC[C@H]1O[C@@H](C)C[C@H]1OP(=O)(O)OC. The first-order valence-corrected chi connectivity index (χ1v) is 11.6. The largest absolute Gasteiger partial charge is 0.472 e. The van der Waals surface area contributed by atoms with Crippen molar-refractivity contribution >= 4 is 15.6 Å². The lowest BCUT2D eigenvalue weighted by Gasteiger charge is -2.22. The van der Waals surface area contributed by atoms with Gasteiger partial charge in [0.15, 0.2) is 0 Å². The maximum atomic E-state index is 12.1. The summed E-state index contributed by atoms with van der Waals surface area (Å²) in [4.78, 5) is 19.3. The summed E-state index contributed by atoms with van der Waals surface area (Å²) in [5, 5.41) is 0. The normalized spacial score (nSPS) is 38.6. The molecule has 27 heavy (non-hydrogen) atoms. The molecule has 0 radical (unpaired) electrons. The Kier molecular flexibility index (Phi) is 8.43. The molecule has 2 N–H and O–H groups in total. The van der Waals surface area contributed by atoms with Crippen LogP contribution in [-0.2, 0) is 41.4 Å². The molecule has 0 saturated carbocycles. The summed E-state index contributed by atoms with van der Waals surface area (Å²) >= 11 is 0. The zero-order valence-electron chi connectivity index (χ0n) is 15.8. The molecule has 0 bridgehead atoms. The zero-order valence-corrected chi connectivity index (χ0v) is 17.5. The minimum absolute atomic E-state index is 0.0382. The van der Waals surface area contributed by atoms with Crippen molar-refractivity contribution in [3.63, 3.8) is 0 Å². The Morgan fingerprint density at radius 2 is 1.37 bits per heavy atom. The molecule has 0 aromatic carbocycles. The standard InChI is InChI=1S/C14H28O11P2/c1-9-5-11(19-3)13(23-9)7-21-27(17,18)22-8-14-12(6-10(2)24-14)25-26(15,16)20-4/h9-14H,5-8H2,1-4H3,(H,15,16)(H,17,18)/t9-,10-,11+,12+,13+,14+/m0/s1. The highest BCUT2D eigenvalue weighted by atomic mass is 31.2.